The van der Waals surface area contributed by atoms with Crippen molar-refractivity contribution in [3.05, 3.63) is 39.2 Å². The van der Waals surface area contributed by atoms with E-state index in [2.05, 4.69) is 10.6 Å². The van der Waals surface area contributed by atoms with Crippen LogP contribution in [0.3, 0.4) is 0 Å². The molecular formula is C24H30N2O7S. The number of hydrogen-bond donors (Lipinski definition) is 3. The highest BCUT2D eigenvalue weighted by atomic mass is 32.2. The fourth-order valence-corrected chi connectivity index (χ4v) is 4.52. The van der Waals surface area contributed by atoms with E-state index in [1.807, 2.05) is 12.3 Å². The molecule has 3 N–H and O–H groups in total. The average molecular weight is 491 g/mol. The van der Waals surface area contributed by atoms with Crippen molar-refractivity contribution in [3.8, 4) is 5.75 Å². The van der Waals surface area contributed by atoms with Gasteiger partial charge in [-0.3, -0.25) is 9.59 Å². The van der Waals surface area contributed by atoms with Crippen molar-refractivity contribution in [2.24, 2.45) is 0 Å². The van der Waals surface area contributed by atoms with E-state index in [-0.39, 0.29) is 25.2 Å². The van der Waals surface area contributed by atoms with Gasteiger partial charge in [0.05, 0.1) is 0 Å². The first-order valence-electron chi connectivity index (χ1n) is 11.3. The maximum absolute atomic E-state index is 12.4. The molecule has 0 unspecified atom stereocenters. The summed E-state index contributed by atoms with van der Waals surface area (Å²) in [7, 11) is 0. The van der Waals surface area contributed by atoms with Crippen LogP contribution in [0.25, 0.3) is 11.0 Å². The van der Waals surface area contributed by atoms with E-state index in [0.717, 1.165) is 42.2 Å². The molecule has 0 saturated heterocycles. The van der Waals surface area contributed by atoms with Crippen molar-refractivity contribution in [2.45, 2.75) is 51.5 Å². The lowest BCUT2D eigenvalue weighted by Crippen LogP contribution is -2.42. The number of rotatable bonds is 11. The van der Waals surface area contributed by atoms with Crippen LogP contribution in [0.15, 0.2) is 21.3 Å². The van der Waals surface area contributed by atoms with Crippen LogP contribution in [0, 0.1) is 6.92 Å². The van der Waals surface area contributed by atoms with Gasteiger partial charge in [-0.05, 0) is 68.7 Å². The van der Waals surface area contributed by atoms with Crippen molar-refractivity contribution in [2.75, 3.05) is 25.2 Å². The minimum Gasteiger partial charge on any atom is -0.483 e. The average Bonchev–Trinajstić information content (AvgIpc) is 2.82. The Bertz CT molecular complexity index is 1130. The summed E-state index contributed by atoms with van der Waals surface area (Å²) in [6.45, 7) is 1.57. The van der Waals surface area contributed by atoms with E-state index >= 15 is 0 Å². The van der Waals surface area contributed by atoms with Gasteiger partial charge in [0.25, 0.3) is 5.91 Å². The second-order valence-corrected chi connectivity index (χ2v) is 9.23. The van der Waals surface area contributed by atoms with Gasteiger partial charge in [0.1, 0.15) is 17.4 Å². The molecule has 0 fully saturated rings. The first-order chi connectivity index (χ1) is 16.3. The summed E-state index contributed by atoms with van der Waals surface area (Å²) in [4.78, 5) is 47.7. The lowest BCUT2D eigenvalue weighted by molar-refractivity contribution is -0.141. The summed E-state index contributed by atoms with van der Waals surface area (Å²) >= 11 is 1.50. The third-order valence-corrected chi connectivity index (χ3v) is 6.51. The zero-order valence-corrected chi connectivity index (χ0v) is 20.2. The quantitative estimate of drug-likeness (QED) is 0.408. The van der Waals surface area contributed by atoms with E-state index in [1.54, 1.807) is 13.0 Å². The number of carbonyl (C=O) groups is 3. The van der Waals surface area contributed by atoms with Crippen LogP contribution in [-0.2, 0) is 27.2 Å². The van der Waals surface area contributed by atoms with Crippen molar-refractivity contribution in [1.29, 1.82) is 0 Å². The molecule has 1 aromatic heterocycles. The number of aryl methyl sites for hydroxylation is 2. The predicted molar refractivity (Wildman–Crippen MR) is 130 cm³/mol. The summed E-state index contributed by atoms with van der Waals surface area (Å²) in [6.07, 6.45) is 5.75. The molecule has 1 aromatic carbocycles. The molecule has 1 heterocycles. The number of amides is 2. The number of carboxylic acids is 1. The Labute approximate surface area is 201 Å². The summed E-state index contributed by atoms with van der Waals surface area (Å²) in [5.74, 6) is -0.889. The Morgan fingerprint density at radius 3 is 2.62 bits per heavy atom. The first-order valence-corrected chi connectivity index (χ1v) is 12.7. The topological polar surface area (TPSA) is 135 Å². The van der Waals surface area contributed by atoms with E-state index in [9.17, 15) is 19.2 Å². The summed E-state index contributed by atoms with van der Waals surface area (Å²) in [5.41, 5.74) is 2.63. The SMILES string of the molecule is CSCC[C@H](NC(=O)CCNC(=O)COc1ccc2c3c(c(=O)oc2c1C)CCCC3)C(=O)O. The largest absolute Gasteiger partial charge is 0.483 e. The lowest BCUT2D eigenvalue weighted by atomic mass is 9.90. The van der Waals surface area contributed by atoms with E-state index in [1.165, 1.54) is 11.8 Å². The number of nitrogens with one attached hydrogen (secondary N) is 2. The summed E-state index contributed by atoms with van der Waals surface area (Å²) in [6, 6.07) is 2.69. The number of thioether (sulfide) groups is 1. The molecule has 0 saturated carbocycles. The molecular weight excluding hydrogens is 460 g/mol. The van der Waals surface area contributed by atoms with Crippen LogP contribution in [0.4, 0.5) is 0 Å². The van der Waals surface area contributed by atoms with Gasteiger partial charge in [0.2, 0.25) is 5.91 Å². The fourth-order valence-electron chi connectivity index (χ4n) is 4.05. The van der Waals surface area contributed by atoms with Gasteiger partial charge in [0.15, 0.2) is 6.61 Å². The smallest absolute Gasteiger partial charge is 0.339 e. The standard InChI is InChI=1S/C24H30N2O7S/c1-14-19(8-7-16-15-5-3-4-6-17(15)24(31)33-22(14)16)32-13-21(28)25-11-9-20(27)26-18(23(29)30)10-12-34-2/h7-8,18H,3-6,9-13H2,1-2H3,(H,25,28)(H,26,27)(H,29,30)/t18-/m0/s1. The molecule has 0 aliphatic heterocycles. The first kappa shape index (κ1) is 25.6. The molecule has 9 nitrogen and oxygen atoms in total. The maximum Gasteiger partial charge on any atom is 0.339 e. The highest BCUT2D eigenvalue weighted by molar-refractivity contribution is 7.98. The molecule has 0 radical (unpaired) electrons. The third kappa shape index (κ3) is 6.31. The highest BCUT2D eigenvalue weighted by Crippen LogP contribution is 2.32. The molecule has 1 aliphatic rings. The fraction of sp³-hybridized carbons (Fsp3) is 0.500. The van der Waals surface area contributed by atoms with Crippen LogP contribution >= 0.6 is 11.8 Å². The summed E-state index contributed by atoms with van der Waals surface area (Å²) < 4.78 is 11.2. The Morgan fingerprint density at radius 2 is 1.91 bits per heavy atom. The molecule has 2 amide bonds. The number of benzene rings is 1. The molecule has 2 aromatic rings. The van der Waals surface area contributed by atoms with Gasteiger partial charge >= 0.3 is 11.6 Å². The number of aliphatic carboxylic acids is 1. The van der Waals surface area contributed by atoms with E-state index < -0.39 is 23.8 Å². The van der Waals surface area contributed by atoms with Crippen LogP contribution in [0.2, 0.25) is 0 Å². The monoisotopic (exact) mass is 490 g/mol. The molecule has 184 valence electrons. The molecule has 10 heteroatoms. The Balaban J connectivity index is 1.52. The minimum atomic E-state index is -1.08. The minimum absolute atomic E-state index is 0.0416. The number of carboxylic acid groups (broad SMARTS) is 1. The van der Waals surface area contributed by atoms with Crippen LogP contribution in [0.5, 0.6) is 5.75 Å². The third-order valence-electron chi connectivity index (χ3n) is 5.87. The van der Waals surface area contributed by atoms with Crippen molar-refractivity contribution >= 4 is 40.5 Å². The predicted octanol–water partition coefficient (Wildman–Crippen LogP) is 2.19. The maximum atomic E-state index is 12.4. The van der Waals surface area contributed by atoms with Crippen LogP contribution in [-0.4, -0.2) is 54.1 Å². The van der Waals surface area contributed by atoms with Gasteiger partial charge in [-0.1, -0.05) is 0 Å². The van der Waals surface area contributed by atoms with Gasteiger partial charge in [-0.15, -0.1) is 0 Å². The molecule has 1 atom stereocenters. The number of carbonyl (C=O) groups excluding carboxylic acids is 2. The number of hydrogen-bond acceptors (Lipinski definition) is 7. The Hall–Kier alpha value is -3.01. The molecule has 1 aliphatic carbocycles. The molecule has 0 bridgehead atoms. The van der Waals surface area contributed by atoms with Gasteiger partial charge in [-0.25, -0.2) is 9.59 Å². The summed E-state index contributed by atoms with van der Waals surface area (Å²) in [5, 5.41) is 15.1. The molecule has 0 spiro atoms. The van der Waals surface area contributed by atoms with Gasteiger partial charge in [0, 0.05) is 29.5 Å². The Morgan fingerprint density at radius 1 is 1.18 bits per heavy atom. The number of ether oxygens (including phenoxy) is 1. The van der Waals surface area contributed by atoms with Crippen molar-refractivity contribution < 1.29 is 28.6 Å². The zero-order chi connectivity index (χ0) is 24.7. The lowest BCUT2D eigenvalue weighted by Gasteiger charge is -2.18. The van der Waals surface area contributed by atoms with Gasteiger partial charge < -0.3 is 24.9 Å². The molecule has 34 heavy (non-hydrogen) atoms. The second-order valence-electron chi connectivity index (χ2n) is 8.25. The van der Waals surface area contributed by atoms with Crippen LogP contribution in [0.1, 0.15) is 42.4 Å². The molecule has 3 rings (SSSR count). The second kappa shape index (κ2) is 11.9. The van der Waals surface area contributed by atoms with Crippen LogP contribution < -0.4 is 21.0 Å². The zero-order valence-electron chi connectivity index (χ0n) is 19.4. The Kier molecular flexibility index (Phi) is 8.98. The van der Waals surface area contributed by atoms with Gasteiger partial charge in [-0.2, -0.15) is 11.8 Å². The van der Waals surface area contributed by atoms with Crippen molar-refractivity contribution in [3.63, 3.8) is 0 Å². The number of fused-ring (bicyclic) bond motifs is 3. The normalized spacial score (nSPS) is 13.7. The van der Waals surface area contributed by atoms with E-state index in [4.69, 9.17) is 14.3 Å². The van der Waals surface area contributed by atoms with E-state index in [0.29, 0.717) is 29.1 Å². The van der Waals surface area contributed by atoms with Crippen molar-refractivity contribution in [1.82, 2.24) is 10.6 Å². The highest BCUT2D eigenvalue weighted by Gasteiger charge is 2.21.